The standard InChI is InChI=1S/C23H23N5O2/c1-27(30-2)23-18-7-3-5-9-20(18)26-28(23)15-16-11-13-17(14-12-16)22(29)25-21-10-6-4-8-19(21)24/h3-14H,15,24H2,1-2H3,(H,25,29). The van der Waals surface area contributed by atoms with Gasteiger partial charge in [-0.25, -0.2) is 9.75 Å². The van der Waals surface area contributed by atoms with Gasteiger partial charge in [0, 0.05) is 18.0 Å². The molecule has 4 aromatic rings. The fraction of sp³-hybridized carbons (Fsp3) is 0.130. The van der Waals surface area contributed by atoms with Crippen LogP contribution in [0.4, 0.5) is 17.2 Å². The first-order chi connectivity index (χ1) is 14.6. The van der Waals surface area contributed by atoms with Crippen molar-refractivity contribution in [1.29, 1.82) is 0 Å². The third kappa shape index (κ3) is 3.83. The van der Waals surface area contributed by atoms with Gasteiger partial charge >= 0.3 is 0 Å². The molecule has 7 heteroatoms. The Kier molecular flexibility index (Phi) is 5.36. The van der Waals surface area contributed by atoms with Gasteiger partial charge in [-0.05, 0) is 42.0 Å². The van der Waals surface area contributed by atoms with Gasteiger partial charge in [0.2, 0.25) is 0 Å². The minimum absolute atomic E-state index is 0.205. The fourth-order valence-corrected chi connectivity index (χ4v) is 3.34. The second kappa shape index (κ2) is 8.26. The molecule has 0 aliphatic carbocycles. The zero-order valence-electron chi connectivity index (χ0n) is 16.9. The molecule has 0 saturated carbocycles. The molecule has 7 nitrogen and oxygen atoms in total. The normalized spacial score (nSPS) is 10.9. The molecule has 4 rings (SSSR count). The first kappa shape index (κ1) is 19.5. The predicted octanol–water partition coefficient (Wildman–Crippen LogP) is 3.92. The number of hydroxylamine groups is 1. The van der Waals surface area contributed by atoms with E-state index in [0.717, 1.165) is 22.3 Å². The van der Waals surface area contributed by atoms with Gasteiger partial charge in [0.05, 0.1) is 30.5 Å². The highest BCUT2D eigenvalue weighted by molar-refractivity contribution is 6.05. The highest BCUT2D eigenvalue weighted by atomic mass is 16.7. The molecule has 1 aromatic heterocycles. The first-order valence-electron chi connectivity index (χ1n) is 9.55. The lowest BCUT2D eigenvalue weighted by atomic mass is 10.1. The van der Waals surface area contributed by atoms with E-state index in [2.05, 4.69) is 5.32 Å². The Hall–Kier alpha value is -3.84. The molecule has 1 amide bonds. The molecule has 3 aromatic carbocycles. The maximum Gasteiger partial charge on any atom is 0.255 e. The van der Waals surface area contributed by atoms with E-state index in [1.807, 2.05) is 60.3 Å². The van der Waals surface area contributed by atoms with E-state index in [1.54, 1.807) is 36.4 Å². The predicted molar refractivity (Wildman–Crippen MR) is 119 cm³/mol. The van der Waals surface area contributed by atoms with Crippen LogP contribution in [0.3, 0.4) is 0 Å². The number of para-hydroxylation sites is 2. The van der Waals surface area contributed by atoms with Crippen molar-refractivity contribution in [2.75, 3.05) is 30.3 Å². The average molecular weight is 401 g/mol. The molecular formula is C23H23N5O2. The smallest absolute Gasteiger partial charge is 0.255 e. The van der Waals surface area contributed by atoms with E-state index in [9.17, 15) is 4.79 Å². The number of amides is 1. The Morgan fingerprint density at radius 3 is 2.50 bits per heavy atom. The Balaban J connectivity index is 1.55. The molecule has 0 bridgehead atoms. The molecule has 0 aliphatic heterocycles. The van der Waals surface area contributed by atoms with E-state index in [4.69, 9.17) is 15.7 Å². The summed E-state index contributed by atoms with van der Waals surface area (Å²) in [5.74, 6) is 0.665. The number of nitrogens with two attached hydrogens (primary N) is 1. The topological polar surface area (TPSA) is 85.4 Å². The number of benzene rings is 3. The maximum absolute atomic E-state index is 12.5. The molecule has 1 heterocycles. The number of hydrogen-bond acceptors (Lipinski definition) is 5. The fourth-order valence-electron chi connectivity index (χ4n) is 3.34. The van der Waals surface area contributed by atoms with Crippen molar-refractivity contribution in [3.8, 4) is 0 Å². The van der Waals surface area contributed by atoms with Crippen LogP contribution in [0, 0.1) is 0 Å². The number of hydrogen-bond donors (Lipinski definition) is 2. The number of aromatic nitrogens is 2. The van der Waals surface area contributed by atoms with Gasteiger partial charge in [0.1, 0.15) is 0 Å². The Morgan fingerprint density at radius 1 is 1.07 bits per heavy atom. The van der Waals surface area contributed by atoms with E-state index < -0.39 is 0 Å². The van der Waals surface area contributed by atoms with Crippen LogP contribution < -0.4 is 16.1 Å². The van der Waals surface area contributed by atoms with Gasteiger partial charge in [0.25, 0.3) is 5.91 Å². The van der Waals surface area contributed by atoms with Crippen molar-refractivity contribution in [1.82, 2.24) is 9.78 Å². The number of rotatable bonds is 6. The van der Waals surface area contributed by atoms with E-state index in [-0.39, 0.29) is 5.91 Å². The zero-order chi connectivity index (χ0) is 21.1. The van der Waals surface area contributed by atoms with Gasteiger partial charge in [-0.3, -0.25) is 9.63 Å². The number of nitrogen functional groups attached to an aromatic ring is 1. The zero-order valence-corrected chi connectivity index (χ0v) is 16.9. The van der Waals surface area contributed by atoms with Crippen LogP contribution in [-0.2, 0) is 11.4 Å². The Labute approximate surface area is 174 Å². The highest BCUT2D eigenvalue weighted by Gasteiger charge is 2.15. The lowest BCUT2D eigenvalue weighted by molar-refractivity contribution is 0.102. The summed E-state index contributed by atoms with van der Waals surface area (Å²) in [6.07, 6.45) is 0. The molecule has 0 saturated heterocycles. The molecule has 0 fully saturated rings. The molecule has 30 heavy (non-hydrogen) atoms. The highest BCUT2D eigenvalue weighted by Crippen LogP contribution is 2.27. The lowest BCUT2D eigenvalue weighted by Gasteiger charge is -2.18. The van der Waals surface area contributed by atoms with Crippen LogP contribution in [0.25, 0.3) is 10.9 Å². The number of nitrogens with one attached hydrogen (secondary N) is 1. The summed E-state index contributed by atoms with van der Waals surface area (Å²) in [5, 5.41) is 10.3. The number of anilines is 3. The quantitative estimate of drug-likeness (QED) is 0.378. The number of nitrogens with zero attached hydrogens (tertiary/aromatic N) is 3. The third-order valence-electron chi connectivity index (χ3n) is 4.95. The summed E-state index contributed by atoms with van der Waals surface area (Å²) in [6, 6.07) is 22.6. The summed E-state index contributed by atoms with van der Waals surface area (Å²) >= 11 is 0. The number of carbonyl (C=O) groups excluding carboxylic acids is 1. The number of fused-ring (bicyclic) bond motifs is 1. The summed E-state index contributed by atoms with van der Waals surface area (Å²) in [7, 11) is 3.47. The van der Waals surface area contributed by atoms with E-state index in [0.29, 0.717) is 23.5 Å². The van der Waals surface area contributed by atoms with Crippen LogP contribution in [0.15, 0.2) is 72.8 Å². The van der Waals surface area contributed by atoms with Gasteiger partial charge in [-0.1, -0.05) is 36.4 Å². The van der Waals surface area contributed by atoms with E-state index >= 15 is 0 Å². The van der Waals surface area contributed by atoms with Crippen molar-refractivity contribution in [2.45, 2.75) is 6.54 Å². The Bertz CT molecular complexity index is 1180. The van der Waals surface area contributed by atoms with Crippen LogP contribution in [0.1, 0.15) is 15.9 Å². The summed E-state index contributed by atoms with van der Waals surface area (Å²) < 4.78 is 1.90. The van der Waals surface area contributed by atoms with Crippen LogP contribution in [0.5, 0.6) is 0 Å². The van der Waals surface area contributed by atoms with Crippen LogP contribution in [0.2, 0.25) is 0 Å². The molecule has 0 unspecified atom stereocenters. The molecule has 152 valence electrons. The van der Waals surface area contributed by atoms with Gasteiger partial charge in [-0.2, -0.15) is 5.10 Å². The molecule has 0 atom stereocenters. The molecular weight excluding hydrogens is 378 g/mol. The van der Waals surface area contributed by atoms with Gasteiger partial charge in [0.15, 0.2) is 5.82 Å². The lowest BCUT2D eigenvalue weighted by Crippen LogP contribution is -2.20. The van der Waals surface area contributed by atoms with Crippen LogP contribution in [-0.4, -0.2) is 29.8 Å². The average Bonchev–Trinajstić information content (AvgIpc) is 3.13. The molecule has 0 radical (unpaired) electrons. The SMILES string of the molecule is CON(C)c1c2ccccc2nn1Cc1ccc(C(=O)Nc2ccccc2N)cc1. The van der Waals surface area contributed by atoms with Crippen LogP contribution >= 0.6 is 0 Å². The largest absolute Gasteiger partial charge is 0.397 e. The van der Waals surface area contributed by atoms with Crippen molar-refractivity contribution < 1.29 is 9.63 Å². The minimum atomic E-state index is -0.205. The number of carbonyl (C=O) groups is 1. The second-order valence-corrected chi connectivity index (χ2v) is 6.92. The minimum Gasteiger partial charge on any atom is -0.397 e. The first-order valence-corrected chi connectivity index (χ1v) is 9.55. The second-order valence-electron chi connectivity index (χ2n) is 6.92. The third-order valence-corrected chi connectivity index (χ3v) is 4.95. The molecule has 3 N–H and O–H groups in total. The summed E-state index contributed by atoms with van der Waals surface area (Å²) in [5.41, 5.74) is 9.50. The molecule has 0 spiro atoms. The van der Waals surface area contributed by atoms with Crippen molar-refractivity contribution in [3.63, 3.8) is 0 Å². The van der Waals surface area contributed by atoms with E-state index in [1.165, 1.54) is 0 Å². The van der Waals surface area contributed by atoms with Crippen molar-refractivity contribution in [2.24, 2.45) is 0 Å². The maximum atomic E-state index is 12.5. The van der Waals surface area contributed by atoms with Crippen molar-refractivity contribution >= 4 is 34.0 Å². The van der Waals surface area contributed by atoms with Crippen molar-refractivity contribution in [3.05, 3.63) is 83.9 Å². The Morgan fingerprint density at radius 2 is 1.77 bits per heavy atom. The van der Waals surface area contributed by atoms with Gasteiger partial charge < -0.3 is 11.1 Å². The summed E-state index contributed by atoms with van der Waals surface area (Å²) in [6.45, 7) is 0.547. The monoisotopic (exact) mass is 401 g/mol. The molecule has 0 aliphatic rings. The van der Waals surface area contributed by atoms with Gasteiger partial charge in [-0.15, -0.1) is 0 Å². The summed E-state index contributed by atoms with van der Waals surface area (Å²) in [4.78, 5) is 17.9.